The van der Waals surface area contributed by atoms with E-state index in [0.717, 1.165) is 6.04 Å². The molecule has 2 saturated heterocycles. The van der Waals surface area contributed by atoms with E-state index in [2.05, 4.69) is 17.1 Å². The Balaban J connectivity index is 1.96. The molecule has 0 saturated carbocycles. The predicted octanol–water partition coefficient (Wildman–Crippen LogP) is 0.442. The van der Waals surface area contributed by atoms with Crippen molar-refractivity contribution in [2.24, 2.45) is 0 Å². The van der Waals surface area contributed by atoms with Gasteiger partial charge in [0.2, 0.25) is 0 Å². The summed E-state index contributed by atoms with van der Waals surface area (Å²) >= 11 is 0. The minimum Gasteiger partial charge on any atom is -0.311 e. The Kier molecular flexibility index (Phi) is 1.66. The standard InChI is InChI=1S/C8H16N2/c1-7-6-10-4-2-3-8(10)5-9-7/h7-9H,2-6H2,1H3/t7?,8-/m0/s1. The van der Waals surface area contributed by atoms with Crippen LogP contribution < -0.4 is 5.32 Å². The Hall–Kier alpha value is -0.0800. The zero-order valence-electron chi connectivity index (χ0n) is 6.64. The fourth-order valence-corrected chi connectivity index (χ4v) is 2.12. The molecule has 58 valence electrons. The lowest BCUT2D eigenvalue weighted by atomic mass is 10.1. The smallest absolute Gasteiger partial charge is 0.0221 e. The van der Waals surface area contributed by atoms with E-state index < -0.39 is 0 Å². The first-order valence-corrected chi connectivity index (χ1v) is 4.33. The Morgan fingerprint density at radius 1 is 1.50 bits per heavy atom. The number of hydrogen-bond acceptors (Lipinski definition) is 2. The first-order valence-electron chi connectivity index (χ1n) is 4.33. The molecule has 1 unspecified atom stereocenters. The van der Waals surface area contributed by atoms with Crippen molar-refractivity contribution in [3.63, 3.8) is 0 Å². The van der Waals surface area contributed by atoms with Crippen LogP contribution in [0.5, 0.6) is 0 Å². The van der Waals surface area contributed by atoms with Crippen molar-refractivity contribution in [3.8, 4) is 0 Å². The molecule has 2 fully saturated rings. The lowest BCUT2D eigenvalue weighted by Gasteiger charge is -2.34. The predicted molar refractivity (Wildman–Crippen MR) is 42.1 cm³/mol. The fraction of sp³-hybridized carbons (Fsp3) is 1.00. The van der Waals surface area contributed by atoms with Gasteiger partial charge in [0.25, 0.3) is 0 Å². The molecule has 2 atom stereocenters. The van der Waals surface area contributed by atoms with Crippen LogP contribution in [-0.4, -0.2) is 36.6 Å². The number of fused-ring (bicyclic) bond motifs is 1. The molecule has 2 heteroatoms. The van der Waals surface area contributed by atoms with Crippen LogP contribution in [0.25, 0.3) is 0 Å². The summed E-state index contributed by atoms with van der Waals surface area (Å²) in [5.74, 6) is 0. The quantitative estimate of drug-likeness (QED) is 0.525. The van der Waals surface area contributed by atoms with Crippen LogP contribution >= 0.6 is 0 Å². The van der Waals surface area contributed by atoms with E-state index >= 15 is 0 Å². The second-order valence-electron chi connectivity index (χ2n) is 3.60. The summed E-state index contributed by atoms with van der Waals surface area (Å²) in [6, 6.07) is 1.59. The van der Waals surface area contributed by atoms with Gasteiger partial charge in [-0.05, 0) is 26.3 Å². The zero-order chi connectivity index (χ0) is 6.97. The molecule has 1 N–H and O–H groups in total. The van der Waals surface area contributed by atoms with E-state index in [1.165, 1.54) is 32.5 Å². The highest BCUT2D eigenvalue weighted by Crippen LogP contribution is 2.19. The number of piperazine rings is 1. The van der Waals surface area contributed by atoms with Gasteiger partial charge in [0, 0.05) is 25.2 Å². The largest absolute Gasteiger partial charge is 0.311 e. The number of hydrogen-bond donors (Lipinski definition) is 1. The third kappa shape index (κ3) is 1.06. The molecule has 2 aliphatic heterocycles. The molecular weight excluding hydrogens is 124 g/mol. The van der Waals surface area contributed by atoms with Crippen LogP contribution in [0, 0.1) is 0 Å². The van der Waals surface area contributed by atoms with Crippen LogP contribution in [0.15, 0.2) is 0 Å². The van der Waals surface area contributed by atoms with Crippen molar-refractivity contribution in [3.05, 3.63) is 0 Å². The monoisotopic (exact) mass is 140 g/mol. The third-order valence-corrected chi connectivity index (χ3v) is 2.71. The maximum absolute atomic E-state index is 3.51. The molecule has 0 spiro atoms. The maximum atomic E-state index is 3.51. The summed E-state index contributed by atoms with van der Waals surface area (Å²) in [7, 11) is 0. The van der Waals surface area contributed by atoms with Crippen LogP contribution in [0.4, 0.5) is 0 Å². The van der Waals surface area contributed by atoms with Gasteiger partial charge >= 0.3 is 0 Å². The van der Waals surface area contributed by atoms with Crippen molar-refractivity contribution in [1.82, 2.24) is 10.2 Å². The van der Waals surface area contributed by atoms with Gasteiger partial charge in [0.15, 0.2) is 0 Å². The molecule has 0 radical (unpaired) electrons. The van der Waals surface area contributed by atoms with E-state index in [-0.39, 0.29) is 0 Å². The van der Waals surface area contributed by atoms with Gasteiger partial charge in [0.05, 0.1) is 0 Å². The number of nitrogens with zero attached hydrogens (tertiary/aromatic N) is 1. The highest BCUT2D eigenvalue weighted by atomic mass is 15.2. The molecule has 0 aromatic carbocycles. The van der Waals surface area contributed by atoms with Crippen molar-refractivity contribution < 1.29 is 0 Å². The van der Waals surface area contributed by atoms with Gasteiger partial charge in [0.1, 0.15) is 0 Å². The van der Waals surface area contributed by atoms with Crippen LogP contribution in [0.2, 0.25) is 0 Å². The van der Waals surface area contributed by atoms with Gasteiger partial charge in [-0.25, -0.2) is 0 Å². The SMILES string of the molecule is CC1CN2CCC[C@H]2CN1. The van der Waals surface area contributed by atoms with E-state index in [0.29, 0.717) is 6.04 Å². The molecule has 0 aromatic heterocycles. The Morgan fingerprint density at radius 2 is 2.40 bits per heavy atom. The molecule has 2 aliphatic rings. The highest BCUT2D eigenvalue weighted by molar-refractivity contribution is 4.88. The lowest BCUT2D eigenvalue weighted by molar-refractivity contribution is 0.180. The Bertz CT molecular complexity index is 124. The fourth-order valence-electron chi connectivity index (χ4n) is 2.12. The molecule has 10 heavy (non-hydrogen) atoms. The highest BCUT2D eigenvalue weighted by Gasteiger charge is 2.28. The van der Waals surface area contributed by atoms with E-state index in [1.54, 1.807) is 0 Å². The molecule has 0 aromatic rings. The van der Waals surface area contributed by atoms with E-state index in [4.69, 9.17) is 0 Å². The molecule has 0 bridgehead atoms. The topological polar surface area (TPSA) is 15.3 Å². The summed E-state index contributed by atoms with van der Waals surface area (Å²) in [5, 5.41) is 3.51. The van der Waals surface area contributed by atoms with Crippen molar-refractivity contribution in [2.75, 3.05) is 19.6 Å². The summed E-state index contributed by atoms with van der Waals surface area (Å²) in [4.78, 5) is 2.63. The third-order valence-electron chi connectivity index (χ3n) is 2.71. The normalized spacial score (nSPS) is 41.7. The van der Waals surface area contributed by atoms with Crippen molar-refractivity contribution in [1.29, 1.82) is 0 Å². The molecule has 2 nitrogen and oxygen atoms in total. The second kappa shape index (κ2) is 2.51. The summed E-state index contributed by atoms with van der Waals surface area (Å²) in [5.41, 5.74) is 0. The summed E-state index contributed by atoms with van der Waals surface area (Å²) in [6.45, 7) is 6.11. The lowest BCUT2D eigenvalue weighted by Crippen LogP contribution is -2.52. The van der Waals surface area contributed by atoms with E-state index in [9.17, 15) is 0 Å². The molecule has 2 rings (SSSR count). The minimum atomic E-state index is 0.717. The summed E-state index contributed by atoms with van der Waals surface area (Å²) in [6.07, 6.45) is 2.83. The molecule has 0 aliphatic carbocycles. The molecule has 0 amide bonds. The van der Waals surface area contributed by atoms with Crippen LogP contribution in [0.1, 0.15) is 19.8 Å². The number of nitrogens with one attached hydrogen (secondary N) is 1. The van der Waals surface area contributed by atoms with Gasteiger partial charge in [-0.1, -0.05) is 0 Å². The first kappa shape index (κ1) is 6.62. The summed E-state index contributed by atoms with van der Waals surface area (Å²) < 4.78 is 0. The van der Waals surface area contributed by atoms with Crippen molar-refractivity contribution in [2.45, 2.75) is 31.8 Å². The second-order valence-corrected chi connectivity index (χ2v) is 3.60. The molecular formula is C8H16N2. The van der Waals surface area contributed by atoms with Crippen LogP contribution in [0.3, 0.4) is 0 Å². The number of rotatable bonds is 0. The zero-order valence-corrected chi connectivity index (χ0v) is 6.64. The van der Waals surface area contributed by atoms with Crippen molar-refractivity contribution >= 4 is 0 Å². The average Bonchev–Trinajstić information content (AvgIpc) is 2.33. The minimum absolute atomic E-state index is 0.717. The van der Waals surface area contributed by atoms with E-state index in [1.807, 2.05) is 0 Å². The van der Waals surface area contributed by atoms with Gasteiger partial charge in [-0.2, -0.15) is 0 Å². The Labute approximate surface area is 62.6 Å². The van der Waals surface area contributed by atoms with Gasteiger partial charge < -0.3 is 5.32 Å². The molecule has 2 heterocycles. The Morgan fingerprint density at radius 3 is 3.30 bits per heavy atom. The van der Waals surface area contributed by atoms with Gasteiger partial charge in [-0.3, -0.25) is 4.90 Å². The van der Waals surface area contributed by atoms with Crippen LogP contribution in [-0.2, 0) is 0 Å². The average molecular weight is 140 g/mol. The maximum Gasteiger partial charge on any atom is 0.0221 e. The van der Waals surface area contributed by atoms with Gasteiger partial charge in [-0.15, -0.1) is 0 Å². The first-order chi connectivity index (χ1) is 4.86.